The second-order valence-electron chi connectivity index (χ2n) is 5.86. The van der Waals surface area contributed by atoms with Crippen LogP contribution in [0.4, 0.5) is 26.3 Å². The SMILES string of the molecule is N[C@@H](c1cc(C(F)(F)F)ccc1C(F)(F)F)[C@H](O)C1CCCC1. The van der Waals surface area contributed by atoms with Crippen LogP contribution in [0.5, 0.6) is 0 Å². The summed E-state index contributed by atoms with van der Waals surface area (Å²) >= 11 is 0. The maximum Gasteiger partial charge on any atom is 0.416 e. The minimum absolute atomic E-state index is 0.291. The van der Waals surface area contributed by atoms with Gasteiger partial charge in [-0.25, -0.2) is 0 Å². The molecule has 8 heteroatoms. The minimum Gasteiger partial charge on any atom is -0.391 e. The van der Waals surface area contributed by atoms with Gasteiger partial charge < -0.3 is 10.8 Å². The number of benzene rings is 1. The van der Waals surface area contributed by atoms with E-state index >= 15 is 0 Å². The predicted octanol–water partition coefficient (Wildman–Crippen LogP) is 4.28. The summed E-state index contributed by atoms with van der Waals surface area (Å²) < 4.78 is 77.5. The summed E-state index contributed by atoms with van der Waals surface area (Å²) in [5.74, 6) is -0.291. The molecule has 0 spiro atoms. The van der Waals surface area contributed by atoms with Crippen molar-refractivity contribution in [2.75, 3.05) is 0 Å². The zero-order valence-corrected chi connectivity index (χ0v) is 12.1. The van der Waals surface area contributed by atoms with Gasteiger partial charge in [0, 0.05) is 0 Å². The lowest BCUT2D eigenvalue weighted by Crippen LogP contribution is -2.33. The molecule has 0 saturated heterocycles. The highest BCUT2D eigenvalue weighted by atomic mass is 19.4. The highest BCUT2D eigenvalue weighted by Crippen LogP contribution is 2.40. The Morgan fingerprint density at radius 3 is 2.04 bits per heavy atom. The standard InChI is InChI=1S/C15H17F6NO/c16-14(17,18)9-5-6-11(15(19,20)21)10(7-9)12(22)13(23)8-3-1-2-4-8/h5-8,12-13,23H,1-4,22H2/t12-,13+/m0/s1. The summed E-state index contributed by atoms with van der Waals surface area (Å²) in [4.78, 5) is 0. The maximum absolute atomic E-state index is 13.1. The summed E-state index contributed by atoms with van der Waals surface area (Å²) in [6, 6.07) is -0.372. The Hall–Kier alpha value is -1.28. The molecular weight excluding hydrogens is 324 g/mol. The number of rotatable bonds is 3. The molecule has 1 aromatic rings. The number of aliphatic hydroxyl groups excluding tert-OH is 1. The van der Waals surface area contributed by atoms with E-state index in [-0.39, 0.29) is 5.92 Å². The number of nitrogens with two attached hydrogens (primary N) is 1. The van der Waals surface area contributed by atoms with E-state index in [4.69, 9.17) is 5.73 Å². The van der Waals surface area contributed by atoms with Crippen LogP contribution < -0.4 is 5.73 Å². The van der Waals surface area contributed by atoms with E-state index in [1.165, 1.54) is 0 Å². The van der Waals surface area contributed by atoms with E-state index in [2.05, 4.69) is 0 Å². The van der Waals surface area contributed by atoms with Crippen molar-refractivity contribution in [1.82, 2.24) is 0 Å². The first kappa shape index (κ1) is 18.1. The van der Waals surface area contributed by atoms with Crippen LogP contribution in [0.1, 0.15) is 48.4 Å². The summed E-state index contributed by atoms with van der Waals surface area (Å²) in [7, 11) is 0. The highest BCUT2D eigenvalue weighted by molar-refractivity contribution is 5.38. The van der Waals surface area contributed by atoms with Crippen LogP contribution in [0.2, 0.25) is 0 Å². The van der Waals surface area contributed by atoms with Gasteiger partial charge in [-0.1, -0.05) is 12.8 Å². The molecule has 2 atom stereocenters. The van der Waals surface area contributed by atoms with E-state index in [0.717, 1.165) is 12.8 Å². The van der Waals surface area contributed by atoms with Gasteiger partial charge in [-0.05, 0) is 42.5 Å². The Balaban J connectivity index is 2.43. The molecule has 0 aliphatic heterocycles. The average molecular weight is 341 g/mol. The lowest BCUT2D eigenvalue weighted by molar-refractivity contribution is -0.142. The lowest BCUT2D eigenvalue weighted by atomic mass is 9.87. The molecule has 1 aromatic carbocycles. The Kier molecular flexibility index (Phi) is 4.96. The molecule has 1 saturated carbocycles. The number of alkyl halides is 6. The second kappa shape index (κ2) is 6.32. The molecule has 0 heterocycles. The van der Waals surface area contributed by atoms with Gasteiger partial charge in [0.05, 0.1) is 23.3 Å². The molecule has 0 radical (unpaired) electrons. The van der Waals surface area contributed by atoms with Crippen molar-refractivity contribution in [3.63, 3.8) is 0 Å². The second-order valence-corrected chi connectivity index (χ2v) is 5.86. The lowest BCUT2D eigenvalue weighted by Gasteiger charge is -2.27. The van der Waals surface area contributed by atoms with Gasteiger partial charge in [0.15, 0.2) is 0 Å². The third-order valence-electron chi connectivity index (χ3n) is 4.29. The van der Waals surface area contributed by atoms with Crippen LogP contribution in [-0.4, -0.2) is 11.2 Å². The molecular formula is C15H17F6NO. The van der Waals surface area contributed by atoms with Crippen LogP contribution in [0.25, 0.3) is 0 Å². The van der Waals surface area contributed by atoms with E-state index in [1.807, 2.05) is 0 Å². The summed E-state index contributed by atoms with van der Waals surface area (Å²) in [6.45, 7) is 0. The van der Waals surface area contributed by atoms with Crippen LogP contribution >= 0.6 is 0 Å². The van der Waals surface area contributed by atoms with Gasteiger partial charge in [-0.3, -0.25) is 0 Å². The van der Waals surface area contributed by atoms with Crippen molar-refractivity contribution >= 4 is 0 Å². The Labute approximate surface area is 129 Å². The maximum atomic E-state index is 13.1. The normalized spacial score (nSPS) is 19.8. The quantitative estimate of drug-likeness (QED) is 0.807. The minimum atomic E-state index is -4.84. The molecule has 0 amide bonds. The van der Waals surface area contributed by atoms with Gasteiger partial charge in [-0.15, -0.1) is 0 Å². The Bertz CT molecular complexity index is 548. The van der Waals surface area contributed by atoms with Crippen molar-refractivity contribution in [3.8, 4) is 0 Å². The molecule has 0 bridgehead atoms. The first-order valence-corrected chi connectivity index (χ1v) is 7.24. The molecule has 23 heavy (non-hydrogen) atoms. The first-order valence-electron chi connectivity index (χ1n) is 7.24. The number of aliphatic hydroxyl groups is 1. The van der Waals surface area contributed by atoms with E-state index in [0.29, 0.717) is 31.0 Å². The summed E-state index contributed by atoms with van der Waals surface area (Å²) in [6.07, 6.45) is -8.07. The van der Waals surface area contributed by atoms with Gasteiger partial charge in [0.1, 0.15) is 0 Å². The van der Waals surface area contributed by atoms with E-state index in [1.54, 1.807) is 0 Å². The smallest absolute Gasteiger partial charge is 0.391 e. The van der Waals surface area contributed by atoms with Crippen LogP contribution in [-0.2, 0) is 12.4 Å². The highest BCUT2D eigenvalue weighted by Gasteiger charge is 2.40. The molecule has 1 aliphatic carbocycles. The third-order valence-corrected chi connectivity index (χ3v) is 4.29. The Morgan fingerprint density at radius 2 is 1.57 bits per heavy atom. The van der Waals surface area contributed by atoms with Crippen molar-refractivity contribution in [2.24, 2.45) is 11.7 Å². The molecule has 2 rings (SSSR count). The molecule has 1 fully saturated rings. The zero-order chi connectivity index (χ0) is 17.4. The van der Waals surface area contributed by atoms with E-state index < -0.39 is 41.2 Å². The van der Waals surface area contributed by atoms with Gasteiger partial charge in [0.2, 0.25) is 0 Å². The predicted molar refractivity (Wildman–Crippen MR) is 71.3 cm³/mol. The zero-order valence-electron chi connectivity index (χ0n) is 12.1. The van der Waals surface area contributed by atoms with Gasteiger partial charge >= 0.3 is 12.4 Å². The fraction of sp³-hybridized carbons (Fsp3) is 0.600. The Morgan fingerprint density at radius 1 is 1.00 bits per heavy atom. The molecule has 0 aromatic heterocycles. The molecule has 2 nitrogen and oxygen atoms in total. The fourth-order valence-corrected chi connectivity index (χ4v) is 3.05. The van der Waals surface area contributed by atoms with Crippen molar-refractivity contribution in [2.45, 2.75) is 50.2 Å². The van der Waals surface area contributed by atoms with Gasteiger partial charge in [0.25, 0.3) is 0 Å². The first-order chi connectivity index (χ1) is 10.5. The van der Waals surface area contributed by atoms with Crippen LogP contribution in [0.15, 0.2) is 18.2 Å². The fourth-order valence-electron chi connectivity index (χ4n) is 3.05. The van der Waals surface area contributed by atoms with Crippen molar-refractivity contribution in [1.29, 1.82) is 0 Å². The van der Waals surface area contributed by atoms with Crippen molar-refractivity contribution in [3.05, 3.63) is 34.9 Å². The summed E-state index contributed by atoms with van der Waals surface area (Å²) in [5, 5.41) is 10.2. The van der Waals surface area contributed by atoms with Crippen LogP contribution in [0, 0.1) is 5.92 Å². The van der Waals surface area contributed by atoms with E-state index in [9.17, 15) is 31.4 Å². The van der Waals surface area contributed by atoms with Crippen molar-refractivity contribution < 1.29 is 31.4 Å². The molecule has 1 aliphatic rings. The largest absolute Gasteiger partial charge is 0.416 e. The molecule has 0 unspecified atom stereocenters. The summed E-state index contributed by atoms with van der Waals surface area (Å²) in [5.41, 5.74) is 2.54. The molecule has 3 N–H and O–H groups in total. The average Bonchev–Trinajstić information content (AvgIpc) is 2.97. The molecule has 130 valence electrons. The number of hydrogen-bond acceptors (Lipinski definition) is 2. The topological polar surface area (TPSA) is 46.2 Å². The number of halogens is 6. The van der Waals surface area contributed by atoms with Crippen LogP contribution in [0.3, 0.4) is 0 Å². The number of hydrogen-bond donors (Lipinski definition) is 2. The van der Waals surface area contributed by atoms with Gasteiger partial charge in [-0.2, -0.15) is 26.3 Å². The third kappa shape index (κ3) is 3.98. The monoisotopic (exact) mass is 341 g/mol.